The molecule has 12 heavy (non-hydrogen) atoms. The zero-order valence-electron chi connectivity index (χ0n) is 6.48. The lowest BCUT2D eigenvalue weighted by Gasteiger charge is -1.94. The van der Waals surface area contributed by atoms with E-state index in [1.54, 1.807) is 0 Å². The summed E-state index contributed by atoms with van der Waals surface area (Å²) in [6, 6.07) is 0. The number of halogens is 1. The van der Waals surface area contributed by atoms with Crippen LogP contribution in [-0.4, -0.2) is 11.7 Å². The largest absolute Gasteiger partial charge is 0.347 e. The van der Waals surface area contributed by atoms with Crippen LogP contribution >= 0.6 is 11.6 Å². The Kier molecular flexibility index (Phi) is 2.15. The fourth-order valence-corrected chi connectivity index (χ4v) is 1.35. The predicted octanol–water partition coefficient (Wildman–Crippen LogP) is 2.56. The molecule has 0 saturated carbocycles. The molecule has 2 rings (SSSR count). The van der Waals surface area contributed by atoms with Gasteiger partial charge >= 0.3 is 0 Å². The molecular formula is C10H9ClO. The van der Waals surface area contributed by atoms with E-state index in [9.17, 15) is 0 Å². The van der Waals surface area contributed by atoms with E-state index in [1.165, 1.54) is 0 Å². The van der Waals surface area contributed by atoms with Crippen LogP contribution in [0.5, 0.6) is 0 Å². The highest BCUT2D eigenvalue weighted by atomic mass is 35.5. The predicted molar refractivity (Wildman–Crippen MR) is 50.0 cm³/mol. The molecule has 1 fully saturated rings. The fraction of sp³-hybridized carbons (Fsp3) is 0.200. The van der Waals surface area contributed by atoms with E-state index in [0.29, 0.717) is 0 Å². The van der Waals surface area contributed by atoms with E-state index in [2.05, 4.69) is 0 Å². The molecule has 1 saturated heterocycles. The lowest BCUT2D eigenvalue weighted by atomic mass is 10.1. The Morgan fingerprint density at radius 2 is 1.75 bits per heavy atom. The Balaban J connectivity index is 2.13. The molecule has 0 radical (unpaired) electrons. The smallest absolute Gasteiger partial charge is 0.162 e. The molecule has 2 aliphatic rings. The van der Waals surface area contributed by atoms with Crippen LogP contribution in [0.2, 0.25) is 0 Å². The van der Waals surface area contributed by atoms with E-state index >= 15 is 0 Å². The standard InChI is InChI=1S/C10H9ClO/c11-10-9(12-10)8-6-4-2-1-3-5-7-8/h1-7,9-10H/b2-1-,3-1?,4-2?,5-3-,6-4?,7-5?,8-6?,8-7?. The number of allylic oxidation sites excluding steroid dienone is 6. The van der Waals surface area contributed by atoms with Crippen molar-refractivity contribution in [1.82, 2.24) is 0 Å². The second kappa shape index (κ2) is 3.30. The van der Waals surface area contributed by atoms with Crippen molar-refractivity contribution in [1.29, 1.82) is 0 Å². The van der Waals surface area contributed by atoms with Gasteiger partial charge in [-0.15, -0.1) is 0 Å². The SMILES string of the molecule is ClC1OC1C1=C/C=C\C=C/C=C1. The molecule has 0 aromatic heterocycles. The van der Waals surface area contributed by atoms with E-state index in [1.807, 2.05) is 42.5 Å². The summed E-state index contributed by atoms with van der Waals surface area (Å²) >= 11 is 5.74. The van der Waals surface area contributed by atoms with Crippen molar-refractivity contribution in [3.05, 3.63) is 48.1 Å². The van der Waals surface area contributed by atoms with Crippen molar-refractivity contribution in [2.45, 2.75) is 11.7 Å². The molecule has 0 amide bonds. The van der Waals surface area contributed by atoms with E-state index in [-0.39, 0.29) is 11.7 Å². The van der Waals surface area contributed by atoms with Gasteiger partial charge in [-0.3, -0.25) is 0 Å². The molecule has 2 atom stereocenters. The Labute approximate surface area is 76.7 Å². The molecule has 2 heteroatoms. The van der Waals surface area contributed by atoms with Crippen molar-refractivity contribution in [3.8, 4) is 0 Å². The molecule has 0 aromatic carbocycles. The first-order valence-corrected chi connectivity index (χ1v) is 4.33. The minimum absolute atomic E-state index is 0.0964. The summed E-state index contributed by atoms with van der Waals surface area (Å²) in [5.74, 6) is 0. The molecule has 0 N–H and O–H groups in total. The van der Waals surface area contributed by atoms with Crippen molar-refractivity contribution in [2.24, 2.45) is 0 Å². The van der Waals surface area contributed by atoms with Gasteiger partial charge in [0.25, 0.3) is 0 Å². The van der Waals surface area contributed by atoms with Gasteiger partial charge < -0.3 is 4.74 Å². The number of hydrogen-bond donors (Lipinski definition) is 0. The minimum atomic E-state index is -0.127. The molecule has 1 heterocycles. The number of alkyl halides is 1. The third-order valence-corrected chi connectivity index (χ3v) is 2.12. The van der Waals surface area contributed by atoms with Crippen LogP contribution in [0.15, 0.2) is 48.1 Å². The molecule has 0 spiro atoms. The van der Waals surface area contributed by atoms with Gasteiger partial charge in [0.2, 0.25) is 0 Å². The van der Waals surface area contributed by atoms with Crippen molar-refractivity contribution < 1.29 is 4.74 Å². The molecule has 1 aliphatic heterocycles. The summed E-state index contributed by atoms with van der Waals surface area (Å²) < 4.78 is 5.14. The van der Waals surface area contributed by atoms with Gasteiger partial charge in [-0.25, -0.2) is 0 Å². The number of hydrogen-bond acceptors (Lipinski definition) is 1. The summed E-state index contributed by atoms with van der Waals surface area (Å²) in [5, 5.41) is 0. The molecule has 1 aliphatic carbocycles. The number of ether oxygens (including phenoxy) is 1. The highest BCUT2D eigenvalue weighted by Gasteiger charge is 2.38. The highest BCUT2D eigenvalue weighted by molar-refractivity contribution is 6.21. The van der Waals surface area contributed by atoms with Gasteiger partial charge in [-0.05, 0) is 5.57 Å². The van der Waals surface area contributed by atoms with Crippen molar-refractivity contribution in [3.63, 3.8) is 0 Å². The zero-order chi connectivity index (χ0) is 8.39. The van der Waals surface area contributed by atoms with Crippen LogP contribution in [0.3, 0.4) is 0 Å². The van der Waals surface area contributed by atoms with Gasteiger partial charge in [0.05, 0.1) is 0 Å². The first-order chi connectivity index (χ1) is 5.88. The van der Waals surface area contributed by atoms with Gasteiger partial charge in [-0.1, -0.05) is 54.1 Å². The van der Waals surface area contributed by atoms with E-state index < -0.39 is 0 Å². The minimum Gasteiger partial charge on any atom is -0.347 e. The average molecular weight is 181 g/mol. The highest BCUT2D eigenvalue weighted by Crippen LogP contribution is 2.33. The Morgan fingerprint density at radius 1 is 1.08 bits per heavy atom. The Morgan fingerprint density at radius 3 is 2.50 bits per heavy atom. The normalized spacial score (nSPS) is 37.9. The zero-order valence-corrected chi connectivity index (χ0v) is 7.24. The first kappa shape index (κ1) is 7.84. The second-order valence-corrected chi connectivity index (χ2v) is 3.13. The Bertz CT molecular complexity index is 286. The molecule has 2 unspecified atom stereocenters. The lowest BCUT2D eigenvalue weighted by molar-refractivity contribution is 0.421. The van der Waals surface area contributed by atoms with Gasteiger partial charge in [0, 0.05) is 0 Å². The number of epoxide rings is 1. The Hall–Kier alpha value is -0.790. The van der Waals surface area contributed by atoms with Crippen LogP contribution in [0.1, 0.15) is 0 Å². The van der Waals surface area contributed by atoms with Crippen molar-refractivity contribution in [2.75, 3.05) is 0 Å². The van der Waals surface area contributed by atoms with Gasteiger partial charge in [-0.2, -0.15) is 0 Å². The van der Waals surface area contributed by atoms with E-state index in [0.717, 1.165) is 5.57 Å². The van der Waals surface area contributed by atoms with Crippen molar-refractivity contribution >= 4 is 11.6 Å². The van der Waals surface area contributed by atoms with Crippen LogP contribution < -0.4 is 0 Å². The van der Waals surface area contributed by atoms with Crippen LogP contribution in [-0.2, 0) is 4.74 Å². The van der Waals surface area contributed by atoms with E-state index in [4.69, 9.17) is 16.3 Å². The summed E-state index contributed by atoms with van der Waals surface area (Å²) in [7, 11) is 0. The average Bonchev–Trinajstić information content (AvgIpc) is 2.65. The number of rotatable bonds is 1. The summed E-state index contributed by atoms with van der Waals surface area (Å²) in [6.07, 6.45) is 14.1. The van der Waals surface area contributed by atoms with Gasteiger partial charge in [0.1, 0.15) is 6.10 Å². The topological polar surface area (TPSA) is 12.5 Å². The van der Waals surface area contributed by atoms with Crippen LogP contribution in [0.4, 0.5) is 0 Å². The second-order valence-electron chi connectivity index (χ2n) is 2.70. The fourth-order valence-electron chi connectivity index (χ4n) is 1.10. The summed E-state index contributed by atoms with van der Waals surface area (Å²) in [5.41, 5.74) is 1.01. The monoisotopic (exact) mass is 180 g/mol. The summed E-state index contributed by atoms with van der Waals surface area (Å²) in [6.45, 7) is 0. The summed E-state index contributed by atoms with van der Waals surface area (Å²) in [4.78, 5) is 0. The quantitative estimate of drug-likeness (QED) is 0.446. The molecule has 62 valence electrons. The lowest BCUT2D eigenvalue weighted by Crippen LogP contribution is -1.90. The first-order valence-electron chi connectivity index (χ1n) is 3.89. The van der Waals surface area contributed by atoms with Crippen LogP contribution in [0.25, 0.3) is 0 Å². The van der Waals surface area contributed by atoms with Crippen LogP contribution in [0, 0.1) is 0 Å². The van der Waals surface area contributed by atoms with Gasteiger partial charge in [0.15, 0.2) is 5.56 Å². The molecule has 0 aromatic rings. The molecular weight excluding hydrogens is 172 g/mol. The third-order valence-electron chi connectivity index (χ3n) is 1.79. The maximum atomic E-state index is 5.74. The maximum Gasteiger partial charge on any atom is 0.162 e. The maximum absolute atomic E-state index is 5.74. The molecule has 1 nitrogen and oxygen atoms in total. The molecule has 0 bridgehead atoms. The third kappa shape index (κ3) is 1.68.